The lowest BCUT2D eigenvalue weighted by Crippen LogP contribution is -2.50. The second kappa shape index (κ2) is 4.13. The summed E-state index contributed by atoms with van der Waals surface area (Å²) in [5.41, 5.74) is 0.508. The highest BCUT2D eigenvalue weighted by Gasteiger charge is 2.46. The molecule has 1 nitrogen and oxygen atoms in total. The highest BCUT2D eigenvalue weighted by molar-refractivity contribution is 5.32. The second-order valence-electron chi connectivity index (χ2n) is 4.75. The Labute approximate surface area is 94.9 Å². The molecule has 1 N–H and O–H groups in total. The van der Waals surface area contributed by atoms with Gasteiger partial charge in [0.25, 0.3) is 0 Å². The fourth-order valence-electron chi connectivity index (χ4n) is 2.75. The molecule has 2 unspecified atom stereocenters. The number of rotatable bonds is 3. The van der Waals surface area contributed by atoms with Gasteiger partial charge in [-0.05, 0) is 37.4 Å². The smallest absolute Gasteiger partial charge is 0.129 e. The minimum Gasteiger partial charge on any atom is -0.319 e. The van der Waals surface area contributed by atoms with Gasteiger partial charge >= 0.3 is 0 Å². The topological polar surface area (TPSA) is 12.0 Å². The number of benzene rings is 1. The van der Waals surface area contributed by atoms with Crippen molar-refractivity contribution >= 4 is 0 Å². The maximum atomic E-state index is 13.8. The van der Waals surface area contributed by atoms with E-state index in [4.69, 9.17) is 0 Å². The van der Waals surface area contributed by atoms with Crippen molar-refractivity contribution in [1.82, 2.24) is 5.32 Å². The van der Waals surface area contributed by atoms with Gasteiger partial charge in [0.05, 0.1) is 0 Å². The molecule has 1 saturated carbocycles. The van der Waals surface area contributed by atoms with Crippen LogP contribution in [0.5, 0.6) is 0 Å². The molecule has 0 radical (unpaired) electrons. The normalized spacial score (nSPS) is 28.9. The SMILES string of the molecule is CNCC1(c2ccc(F)cc2F)CCC1C. The van der Waals surface area contributed by atoms with Crippen LogP contribution in [0.4, 0.5) is 8.78 Å². The van der Waals surface area contributed by atoms with E-state index in [9.17, 15) is 8.78 Å². The molecule has 0 heterocycles. The number of hydrogen-bond donors (Lipinski definition) is 1. The Morgan fingerprint density at radius 1 is 1.44 bits per heavy atom. The number of likely N-dealkylation sites (N-methyl/N-ethyl adjacent to an activating group) is 1. The van der Waals surface area contributed by atoms with Crippen LogP contribution in [0.25, 0.3) is 0 Å². The Morgan fingerprint density at radius 3 is 2.62 bits per heavy atom. The van der Waals surface area contributed by atoms with Crippen LogP contribution in [0.2, 0.25) is 0 Å². The van der Waals surface area contributed by atoms with Gasteiger partial charge in [-0.15, -0.1) is 0 Å². The standard InChI is InChI=1S/C13H17F2N/c1-9-5-6-13(9,8-16-2)11-4-3-10(14)7-12(11)15/h3-4,7,9,16H,5-6,8H2,1-2H3. The first-order valence-corrected chi connectivity index (χ1v) is 5.70. The molecule has 0 bridgehead atoms. The summed E-state index contributed by atoms with van der Waals surface area (Å²) in [6.07, 6.45) is 2.08. The van der Waals surface area contributed by atoms with Gasteiger partial charge in [-0.25, -0.2) is 8.78 Å². The summed E-state index contributed by atoms with van der Waals surface area (Å²) in [4.78, 5) is 0. The minimum absolute atomic E-state index is 0.146. The van der Waals surface area contributed by atoms with Crippen LogP contribution in [0.1, 0.15) is 25.3 Å². The number of nitrogens with one attached hydrogen (secondary N) is 1. The Kier molecular flexibility index (Phi) is 2.98. The van der Waals surface area contributed by atoms with E-state index in [-0.39, 0.29) is 5.41 Å². The zero-order chi connectivity index (χ0) is 11.8. The van der Waals surface area contributed by atoms with Crippen molar-refractivity contribution in [1.29, 1.82) is 0 Å². The average molecular weight is 225 g/mol. The van der Waals surface area contributed by atoms with E-state index in [2.05, 4.69) is 12.2 Å². The zero-order valence-electron chi connectivity index (χ0n) is 9.69. The van der Waals surface area contributed by atoms with Crippen LogP contribution in [-0.4, -0.2) is 13.6 Å². The van der Waals surface area contributed by atoms with Crippen LogP contribution >= 0.6 is 0 Å². The summed E-state index contributed by atoms with van der Waals surface area (Å²) >= 11 is 0. The molecular weight excluding hydrogens is 208 g/mol. The van der Waals surface area contributed by atoms with Crippen LogP contribution in [-0.2, 0) is 5.41 Å². The van der Waals surface area contributed by atoms with E-state index in [0.717, 1.165) is 25.5 Å². The van der Waals surface area contributed by atoms with E-state index < -0.39 is 11.6 Å². The van der Waals surface area contributed by atoms with Crippen molar-refractivity contribution in [3.05, 3.63) is 35.4 Å². The highest BCUT2D eigenvalue weighted by Crippen LogP contribution is 2.48. The molecular formula is C13H17F2N. The van der Waals surface area contributed by atoms with E-state index in [1.165, 1.54) is 6.07 Å². The van der Waals surface area contributed by atoms with Gasteiger partial charge in [0.15, 0.2) is 0 Å². The van der Waals surface area contributed by atoms with Gasteiger partial charge in [0.2, 0.25) is 0 Å². The molecule has 1 aromatic rings. The zero-order valence-corrected chi connectivity index (χ0v) is 9.69. The van der Waals surface area contributed by atoms with Crippen LogP contribution in [0, 0.1) is 17.6 Å². The van der Waals surface area contributed by atoms with Crippen molar-refractivity contribution in [3.63, 3.8) is 0 Å². The van der Waals surface area contributed by atoms with Crippen LogP contribution in [0.3, 0.4) is 0 Å². The maximum absolute atomic E-state index is 13.8. The van der Waals surface area contributed by atoms with Gasteiger partial charge < -0.3 is 5.32 Å². The quantitative estimate of drug-likeness (QED) is 0.834. The summed E-state index contributed by atoms with van der Waals surface area (Å²) in [5.74, 6) is -0.477. The molecule has 0 spiro atoms. The van der Waals surface area contributed by atoms with Gasteiger partial charge in [0.1, 0.15) is 11.6 Å². The van der Waals surface area contributed by atoms with Crippen molar-refractivity contribution in [3.8, 4) is 0 Å². The monoisotopic (exact) mass is 225 g/mol. The Morgan fingerprint density at radius 2 is 2.19 bits per heavy atom. The first kappa shape index (κ1) is 11.5. The van der Waals surface area contributed by atoms with E-state index in [1.54, 1.807) is 6.07 Å². The predicted octanol–water partition coefficient (Wildman–Crippen LogP) is 2.85. The molecule has 16 heavy (non-hydrogen) atoms. The lowest BCUT2D eigenvalue weighted by molar-refractivity contribution is 0.132. The van der Waals surface area contributed by atoms with Gasteiger partial charge in [0, 0.05) is 18.0 Å². The van der Waals surface area contributed by atoms with Crippen LogP contribution < -0.4 is 5.32 Å². The van der Waals surface area contributed by atoms with E-state index in [0.29, 0.717) is 11.5 Å². The third-order valence-electron chi connectivity index (χ3n) is 3.93. The summed E-state index contributed by atoms with van der Waals surface area (Å²) in [7, 11) is 1.87. The molecule has 0 amide bonds. The molecule has 0 aromatic heterocycles. The molecule has 88 valence electrons. The fraction of sp³-hybridized carbons (Fsp3) is 0.538. The molecule has 1 aliphatic rings. The fourth-order valence-corrected chi connectivity index (χ4v) is 2.75. The molecule has 2 atom stereocenters. The van der Waals surface area contributed by atoms with Crippen molar-refractivity contribution in [2.24, 2.45) is 5.92 Å². The molecule has 3 heteroatoms. The molecule has 1 aromatic carbocycles. The number of halogens is 2. The highest BCUT2D eigenvalue weighted by atomic mass is 19.1. The Hall–Kier alpha value is -0.960. The lowest BCUT2D eigenvalue weighted by Gasteiger charge is -2.49. The Bertz CT molecular complexity index is 392. The van der Waals surface area contributed by atoms with Gasteiger partial charge in [-0.3, -0.25) is 0 Å². The van der Waals surface area contributed by atoms with Gasteiger partial charge in [-0.1, -0.05) is 13.0 Å². The largest absolute Gasteiger partial charge is 0.319 e. The lowest BCUT2D eigenvalue weighted by atomic mass is 9.57. The summed E-state index contributed by atoms with van der Waals surface area (Å²) in [6, 6.07) is 3.93. The van der Waals surface area contributed by atoms with Crippen molar-refractivity contribution in [2.45, 2.75) is 25.2 Å². The summed E-state index contributed by atoms with van der Waals surface area (Å²) in [6.45, 7) is 2.88. The van der Waals surface area contributed by atoms with E-state index >= 15 is 0 Å². The molecule has 0 aliphatic heterocycles. The minimum atomic E-state index is -0.507. The second-order valence-corrected chi connectivity index (χ2v) is 4.75. The van der Waals surface area contributed by atoms with Crippen molar-refractivity contribution < 1.29 is 8.78 Å². The van der Waals surface area contributed by atoms with Crippen molar-refractivity contribution in [2.75, 3.05) is 13.6 Å². The molecule has 1 aliphatic carbocycles. The van der Waals surface area contributed by atoms with Crippen LogP contribution in [0.15, 0.2) is 18.2 Å². The Balaban J connectivity index is 2.40. The van der Waals surface area contributed by atoms with Gasteiger partial charge in [-0.2, -0.15) is 0 Å². The first-order valence-electron chi connectivity index (χ1n) is 5.70. The molecule has 2 rings (SSSR count). The predicted molar refractivity (Wildman–Crippen MR) is 60.4 cm³/mol. The third kappa shape index (κ3) is 1.63. The summed E-state index contributed by atoms with van der Waals surface area (Å²) in [5, 5.41) is 3.12. The molecule has 0 saturated heterocycles. The average Bonchev–Trinajstić information content (AvgIpc) is 2.24. The molecule has 1 fully saturated rings. The third-order valence-corrected chi connectivity index (χ3v) is 3.93. The summed E-state index contributed by atoms with van der Waals surface area (Å²) < 4.78 is 26.7. The number of hydrogen-bond acceptors (Lipinski definition) is 1. The maximum Gasteiger partial charge on any atom is 0.129 e. The van der Waals surface area contributed by atoms with E-state index in [1.807, 2.05) is 7.05 Å². The first-order chi connectivity index (χ1) is 7.60.